The predicted molar refractivity (Wildman–Crippen MR) is 118 cm³/mol. The molecule has 0 amide bonds. The number of alkyl halides is 2. The Hall–Kier alpha value is -3.56. The van der Waals surface area contributed by atoms with Crippen molar-refractivity contribution in [2.75, 3.05) is 23.3 Å². The fraction of sp³-hybridized carbons (Fsp3) is 0.348. The summed E-state index contributed by atoms with van der Waals surface area (Å²) >= 11 is 0. The molecule has 0 unspecified atom stereocenters. The Morgan fingerprint density at radius 2 is 1.82 bits per heavy atom. The Labute approximate surface area is 187 Å². The Balaban J connectivity index is 1.36. The van der Waals surface area contributed by atoms with Crippen LogP contribution in [0.5, 0.6) is 5.75 Å². The highest BCUT2D eigenvalue weighted by atomic mass is 19.3. The van der Waals surface area contributed by atoms with Gasteiger partial charge in [-0.1, -0.05) is 12.1 Å². The minimum Gasteiger partial charge on any atom is -0.435 e. The van der Waals surface area contributed by atoms with Crippen LogP contribution >= 0.6 is 0 Å². The Bertz CT molecular complexity index is 1200. The molecule has 1 aliphatic carbocycles. The smallest absolute Gasteiger partial charge is 0.387 e. The van der Waals surface area contributed by atoms with Gasteiger partial charge in [-0.25, -0.2) is 9.37 Å². The van der Waals surface area contributed by atoms with Gasteiger partial charge in [0.1, 0.15) is 11.4 Å². The van der Waals surface area contributed by atoms with E-state index < -0.39 is 18.0 Å². The number of hydrogen-bond donors (Lipinski definition) is 2. The third kappa shape index (κ3) is 4.64. The normalized spacial score (nSPS) is 16.8. The van der Waals surface area contributed by atoms with Crippen LogP contribution in [-0.2, 0) is 0 Å². The fourth-order valence-corrected chi connectivity index (χ4v) is 4.16. The molecule has 1 saturated heterocycles. The summed E-state index contributed by atoms with van der Waals surface area (Å²) in [6, 6.07) is 7.52. The second-order valence-corrected chi connectivity index (χ2v) is 8.51. The molecule has 5 rings (SSSR count). The third-order valence-corrected chi connectivity index (χ3v) is 6.36. The van der Waals surface area contributed by atoms with Gasteiger partial charge in [0, 0.05) is 24.8 Å². The number of rotatable bonds is 6. The van der Waals surface area contributed by atoms with Crippen molar-refractivity contribution in [2.24, 2.45) is 5.41 Å². The summed E-state index contributed by atoms with van der Waals surface area (Å²) < 4.78 is 43.5. The lowest BCUT2D eigenvalue weighted by Gasteiger charge is -2.32. The Kier molecular flexibility index (Phi) is 5.43. The molecule has 2 aliphatic rings. The molecule has 172 valence electrons. The van der Waals surface area contributed by atoms with Crippen LogP contribution in [0.4, 0.5) is 30.6 Å². The Morgan fingerprint density at radius 3 is 2.48 bits per heavy atom. The maximum atomic E-state index is 14.5. The molecular weight excluding hydrogens is 435 g/mol. The van der Waals surface area contributed by atoms with Crippen LogP contribution in [0.3, 0.4) is 0 Å². The summed E-state index contributed by atoms with van der Waals surface area (Å²) in [4.78, 5) is 25.5. The van der Waals surface area contributed by atoms with E-state index in [-0.39, 0.29) is 17.3 Å². The highest BCUT2D eigenvalue weighted by Gasteiger charge is 2.44. The van der Waals surface area contributed by atoms with E-state index in [9.17, 15) is 18.0 Å². The largest absolute Gasteiger partial charge is 0.435 e. The van der Waals surface area contributed by atoms with Crippen molar-refractivity contribution >= 4 is 17.5 Å². The van der Waals surface area contributed by atoms with Crippen LogP contribution in [0.15, 0.2) is 47.5 Å². The van der Waals surface area contributed by atoms with Crippen molar-refractivity contribution in [3.05, 3.63) is 58.9 Å². The van der Waals surface area contributed by atoms with Crippen LogP contribution in [-0.4, -0.2) is 34.7 Å². The first kappa shape index (κ1) is 21.3. The van der Waals surface area contributed by atoms with Crippen LogP contribution in [0.25, 0.3) is 11.1 Å². The lowest BCUT2D eigenvalue weighted by molar-refractivity contribution is -0.0498. The van der Waals surface area contributed by atoms with Crippen LogP contribution in [0, 0.1) is 11.2 Å². The molecular formula is C23H22F3N5O2. The highest BCUT2D eigenvalue weighted by molar-refractivity contribution is 5.69. The number of aromatic amines is 1. The third-order valence-electron chi connectivity index (χ3n) is 6.36. The highest BCUT2D eigenvalue weighted by Crippen LogP contribution is 2.53. The van der Waals surface area contributed by atoms with E-state index in [4.69, 9.17) is 0 Å². The minimum absolute atomic E-state index is 0.0254. The molecule has 3 heterocycles. The first-order chi connectivity index (χ1) is 15.9. The summed E-state index contributed by atoms with van der Waals surface area (Å²) in [5, 5.41) is 2.78. The van der Waals surface area contributed by atoms with Crippen molar-refractivity contribution in [3.63, 3.8) is 0 Å². The lowest BCUT2D eigenvalue weighted by Crippen LogP contribution is -2.35. The number of aromatic nitrogens is 3. The Morgan fingerprint density at radius 1 is 1.09 bits per heavy atom. The maximum Gasteiger partial charge on any atom is 0.387 e. The van der Waals surface area contributed by atoms with Crippen molar-refractivity contribution < 1.29 is 17.9 Å². The number of hydrogen-bond acceptors (Lipinski definition) is 6. The number of pyridine rings is 1. The van der Waals surface area contributed by atoms with E-state index in [1.54, 1.807) is 18.2 Å². The molecule has 1 saturated carbocycles. The monoisotopic (exact) mass is 457 g/mol. The predicted octanol–water partition coefficient (Wildman–Crippen LogP) is 4.70. The SMILES string of the molecule is O=c1[nH]cc(-c2ccc(OC(F)F)cc2)cc1Nc1nc(N2CCC3(CC2)CC3)ncc1F. The molecule has 3 aromatic rings. The number of nitrogens with zero attached hydrogens (tertiary/aromatic N) is 3. The number of benzene rings is 1. The number of ether oxygens (including phenoxy) is 1. The molecule has 0 bridgehead atoms. The zero-order valence-corrected chi connectivity index (χ0v) is 17.7. The van der Waals surface area contributed by atoms with Gasteiger partial charge in [0.15, 0.2) is 11.6 Å². The first-order valence-corrected chi connectivity index (χ1v) is 10.7. The van der Waals surface area contributed by atoms with Gasteiger partial charge in [-0.05, 0) is 54.9 Å². The number of H-pyrrole nitrogens is 1. The summed E-state index contributed by atoms with van der Waals surface area (Å²) in [7, 11) is 0. The topological polar surface area (TPSA) is 83.1 Å². The number of nitrogens with one attached hydrogen (secondary N) is 2. The molecule has 2 N–H and O–H groups in total. The summed E-state index contributed by atoms with van der Waals surface area (Å²) in [5.74, 6) is -0.309. The van der Waals surface area contributed by atoms with Crippen LogP contribution in [0.2, 0.25) is 0 Å². The van der Waals surface area contributed by atoms with Gasteiger partial charge in [-0.2, -0.15) is 13.8 Å². The van der Waals surface area contributed by atoms with Crippen LogP contribution < -0.4 is 20.5 Å². The van der Waals surface area contributed by atoms with Crippen molar-refractivity contribution in [2.45, 2.75) is 32.3 Å². The summed E-state index contributed by atoms with van der Waals surface area (Å²) in [5.41, 5.74) is 1.39. The number of halogens is 3. The minimum atomic E-state index is -2.91. The summed E-state index contributed by atoms with van der Waals surface area (Å²) in [6.07, 6.45) is 7.31. The van der Waals surface area contributed by atoms with E-state index in [1.165, 1.54) is 31.2 Å². The molecule has 0 radical (unpaired) electrons. The van der Waals surface area contributed by atoms with Gasteiger partial charge >= 0.3 is 6.61 Å². The standard InChI is InChI=1S/C23H22F3N5O2/c24-17-13-28-22(31-9-7-23(5-6-23)8-10-31)30-19(17)29-18-11-15(12-27-20(18)32)14-1-3-16(4-2-14)33-21(25)26/h1-4,11-13,21H,5-10H2,(H,27,32)(H,28,29,30). The van der Waals surface area contributed by atoms with E-state index in [0.29, 0.717) is 22.5 Å². The molecule has 1 aromatic carbocycles. The molecule has 1 spiro atoms. The summed E-state index contributed by atoms with van der Waals surface area (Å²) in [6.45, 7) is -1.26. The molecule has 2 aromatic heterocycles. The molecule has 2 fully saturated rings. The molecule has 0 atom stereocenters. The molecule has 7 nitrogen and oxygen atoms in total. The fourth-order valence-electron chi connectivity index (χ4n) is 4.16. The zero-order chi connectivity index (χ0) is 23.0. The average molecular weight is 457 g/mol. The van der Waals surface area contributed by atoms with Gasteiger partial charge < -0.3 is 19.9 Å². The van der Waals surface area contributed by atoms with Gasteiger partial charge in [0.2, 0.25) is 5.95 Å². The first-order valence-electron chi connectivity index (χ1n) is 10.7. The number of piperidine rings is 1. The van der Waals surface area contributed by atoms with Gasteiger partial charge in [-0.3, -0.25) is 4.79 Å². The van der Waals surface area contributed by atoms with Crippen molar-refractivity contribution in [3.8, 4) is 16.9 Å². The quantitative estimate of drug-likeness (QED) is 0.559. The van der Waals surface area contributed by atoms with E-state index in [2.05, 4.69) is 25.0 Å². The van der Waals surface area contributed by atoms with E-state index in [1.807, 2.05) is 4.90 Å². The van der Waals surface area contributed by atoms with Gasteiger partial charge in [-0.15, -0.1) is 0 Å². The van der Waals surface area contributed by atoms with Crippen molar-refractivity contribution in [1.82, 2.24) is 15.0 Å². The number of anilines is 3. The zero-order valence-electron chi connectivity index (χ0n) is 17.7. The van der Waals surface area contributed by atoms with E-state index >= 15 is 0 Å². The lowest BCUT2D eigenvalue weighted by atomic mass is 9.94. The van der Waals surface area contributed by atoms with E-state index in [0.717, 1.165) is 32.1 Å². The van der Waals surface area contributed by atoms with Gasteiger partial charge in [0.25, 0.3) is 5.56 Å². The molecule has 1 aliphatic heterocycles. The molecule has 33 heavy (non-hydrogen) atoms. The average Bonchev–Trinajstić information content (AvgIpc) is 3.56. The van der Waals surface area contributed by atoms with Crippen molar-refractivity contribution in [1.29, 1.82) is 0 Å². The van der Waals surface area contributed by atoms with Gasteiger partial charge in [0.05, 0.1) is 6.20 Å². The van der Waals surface area contributed by atoms with Crippen LogP contribution in [0.1, 0.15) is 25.7 Å². The second-order valence-electron chi connectivity index (χ2n) is 8.51. The molecule has 10 heteroatoms. The second kappa shape index (κ2) is 8.42. The maximum absolute atomic E-state index is 14.5.